The molecule has 1 aliphatic rings. The zero-order valence-corrected chi connectivity index (χ0v) is 12.9. The first-order valence-corrected chi connectivity index (χ1v) is 8.40. The number of nitrogens with zero attached hydrogens (tertiary/aromatic N) is 2. The number of nitriles is 1. The zero-order valence-electron chi connectivity index (χ0n) is 12.1. The van der Waals surface area contributed by atoms with Gasteiger partial charge in [0, 0.05) is 12.1 Å². The maximum atomic E-state index is 12.8. The number of hydrogen-bond donors (Lipinski definition) is 0. The summed E-state index contributed by atoms with van der Waals surface area (Å²) in [5.74, 6) is 0. The van der Waals surface area contributed by atoms with E-state index < -0.39 is 10.0 Å². The van der Waals surface area contributed by atoms with Gasteiger partial charge in [-0.25, -0.2) is 8.42 Å². The molecule has 0 aromatic heterocycles. The summed E-state index contributed by atoms with van der Waals surface area (Å²) in [6.07, 6.45) is 2.66. The Labute approximate surface area is 121 Å². The molecular formula is C15H20N2O2S. The molecule has 2 rings (SSSR count). The van der Waals surface area contributed by atoms with Gasteiger partial charge in [-0.3, -0.25) is 0 Å². The molecular weight excluding hydrogens is 272 g/mol. The highest BCUT2D eigenvalue weighted by atomic mass is 32.2. The summed E-state index contributed by atoms with van der Waals surface area (Å²) in [4.78, 5) is 0.293. The third-order valence-corrected chi connectivity index (χ3v) is 6.14. The summed E-state index contributed by atoms with van der Waals surface area (Å²) in [7, 11) is -3.47. The van der Waals surface area contributed by atoms with E-state index in [4.69, 9.17) is 5.26 Å². The lowest BCUT2D eigenvalue weighted by atomic mass is 10.1. The molecule has 1 heterocycles. The number of aryl methyl sites for hydroxylation is 1. The predicted octanol–water partition coefficient (Wildman–Crippen LogP) is 2.82. The van der Waals surface area contributed by atoms with Crippen LogP contribution in [0.2, 0.25) is 0 Å². The van der Waals surface area contributed by atoms with Crippen LogP contribution >= 0.6 is 0 Å². The van der Waals surface area contributed by atoms with Crippen LogP contribution in [0.1, 0.15) is 44.2 Å². The summed E-state index contributed by atoms with van der Waals surface area (Å²) in [5.41, 5.74) is 1.22. The van der Waals surface area contributed by atoms with E-state index in [0.717, 1.165) is 19.3 Å². The quantitative estimate of drug-likeness (QED) is 0.860. The Morgan fingerprint density at radius 1 is 1.40 bits per heavy atom. The normalized spacial score (nSPS) is 23.7. The summed E-state index contributed by atoms with van der Waals surface area (Å²) in [6.45, 7) is 5.75. The molecule has 0 N–H and O–H groups in total. The molecule has 108 valence electrons. The second-order valence-corrected chi connectivity index (χ2v) is 7.26. The predicted molar refractivity (Wildman–Crippen MR) is 77.7 cm³/mol. The van der Waals surface area contributed by atoms with Gasteiger partial charge in [-0.05, 0) is 56.9 Å². The van der Waals surface area contributed by atoms with E-state index in [-0.39, 0.29) is 12.1 Å². The van der Waals surface area contributed by atoms with Crippen molar-refractivity contribution in [1.29, 1.82) is 5.26 Å². The van der Waals surface area contributed by atoms with Crippen molar-refractivity contribution in [2.45, 2.75) is 57.0 Å². The monoisotopic (exact) mass is 292 g/mol. The Morgan fingerprint density at radius 2 is 2.10 bits per heavy atom. The van der Waals surface area contributed by atoms with Gasteiger partial charge in [0.2, 0.25) is 10.0 Å². The smallest absolute Gasteiger partial charge is 0.207 e. The van der Waals surface area contributed by atoms with E-state index in [1.165, 1.54) is 0 Å². The molecule has 0 saturated carbocycles. The lowest BCUT2D eigenvalue weighted by molar-refractivity contribution is 0.328. The molecule has 0 radical (unpaired) electrons. The van der Waals surface area contributed by atoms with E-state index in [1.54, 1.807) is 29.4 Å². The standard InChI is InChI=1S/C15H20N2O2S/c1-4-14-7-5-12(3)17(14)20(18,19)15-8-6-13(10-16)11(2)9-15/h6,8-9,12,14H,4-5,7H2,1-3H3. The van der Waals surface area contributed by atoms with Gasteiger partial charge in [0.1, 0.15) is 0 Å². The number of hydrogen-bond acceptors (Lipinski definition) is 3. The summed E-state index contributed by atoms with van der Waals surface area (Å²) >= 11 is 0. The van der Waals surface area contributed by atoms with Gasteiger partial charge in [0.05, 0.1) is 16.5 Å². The zero-order chi connectivity index (χ0) is 14.9. The lowest BCUT2D eigenvalue weighted by Crippen LogP contribution is -2.39. The largest absolute Gasteiger partial charge is 0.243 e. The first-order valence-electron chi connectivity index (χ1n) is 6.96. The van der Waals surface area contributed by atoms with Gasteiger partial charge >= 0.3 is 0 Å². The summed E-state index contributed by atoms with van der Waals surface area (Å²) in [5, 5.41) is 8.94. The fourth-order valence-corrected chi connectivity index (χ4v) is 4.94. The van der Waals surface area contributed by atoms with Gasteiger partial charge in [-0.2, -0.15) is 9.57 Å². The summed E-state index contributed by atoms with van der Waals surface area (Å²) < 4.78 is 27.3. The van der Waals surface area contributed by atoms with Gasteiger partial charge in [0.25, 0.3) is 0 Å². The van der Waals surface area contributed by atoms with Gasteiger partial charge in [-0.1, -0.05) is 6.92 Å². The van der Waals surface area contributed by atoms with Crippen LogP contribution < -0.4 is 0 Å². The minimum atomic E-state index is -3.47. The van der Waals surface area contributed by atoms with Gasteiger partial charge < -0.3 is 0 Å². The average molecular weight is 292 g/mol. The Bertz CT molecular complexity index is 646. The maximum absolute atomic E-state index is 12.8. The third-order valence-electron chi connectivity index (χ3n) is 4.08. The Morgan fingerprint density at radius 3 is 2.65 bits per heavy atom. The molecule has 0 amide bonds. The van der Waals surface area contributed by atoms with E-state index in [2.05, 4.69) is 6.07 Å². The highest BCUT2D eigenvalue weighted by Gasteiger charge is 2.39. The molecule has 2 atom stereocenters. The molecule has 4 nitrogen and oxygen atoms in total. The third kappa shape index (κ3) is 2.46. The second-order valence-electron chi connectivity index (χ2n) is 5.41. The van der Waals surface area contributed by atoms with Crippen molar-refractivity contribution in [3.8, 4) is 6.07 Å². The second kappa shape index (κ2) is 5.55. The van der Waals surface area contributed by atoms with Crippen molar-refractivity contribution in [1.82, 2.24) is 4.31 Å². The van der Waals surface area contributed by atoms with E-state index in [0.29, 0.717) is 16.0 Å². The van der Waals surface area contributed by atoms with Crippen LogP contribution in [-0.4, -0.2) is 24.8 Å². The van der Waals surface area contributed by atoms with Crippen LogP contribution in [-0.2, 0) is 10.0 Å². The van der Waals surface area contributed by atoms with Crippen molar-refractivity contribution in [2.24, 2.45) is 0 Å². The maximum Gasteiger partial charge on any atom is 0.243 e. The van der Waals surface area contributed by atoms with E-state index in [1.807, 2.05) is 13.8 Å². The average Bonchev–Trinajstić information content (AvgIpc) is 2.80. The van der Waals surface area contributed by atoms with E-state index in [9.17, 15) is 8.42 Å². The van der Waals surface area contributed by atoms with Crippen molar-refractivity contribution < 1.29 is 8.42 Å². The first-order chi connectivity index (χ1) is 9.41. The molecule has 2 unspecified atom stereocenters. The van der Waals surface area contributed by atoms with Crippen LogP contribution in [0.4, 0.5) is 0 Å². The molecule has 20 heavy (non-hydrogen) atoms. The van der Waals surface area contributed by atoms with Crippen molar-refractivity contribution >= 4 is 10.0 Å². The SMILES string of the molecule is CCC1CCC(C)N1S(=O)(=O)c1ccc(C#N)c(C)c1. The molecule has 0 spiro atoms. The summed E-state index contributed by atoms with van der Waals surface area (Å²) in [6, 6.07) is 6.93. The Balaban J connectivity index is 2.45. The van der Waals surface area contributed by atoms with Crippen LogP contribution in [0.15, 0.2) is 23.1 Å². The Hall–Kier alpha value is -1.38. The molecule has 0 bridgehead atoms. The van der Waals surface area contributed by atoms with Crippen molar-refractivity contribution in [2.75, 3.05) is 0 Å². The molecule has 1 aromatic carbocycles. The lowest BCUT2D eigenvalue weighted by Gasteiger charge is -2.27. The van der Waals surface area contributed by atoms with Crippen LogP contribution in [0.5, 0.6) is 0 Å². The molecule has 1 fully saturated rings. The number of benzene rings is 1. The van der Waals surface area contributed by atoms with Crippen LogP contribution in [0, 0.1) is 18.3 Å². The molecule has 0 aliphatic carbocycles. The van der Waals surface area contributed by atoms with Crippen molar-refractivity contribution in [3.63, 3.8) is 0 Å². The molecule has 1 saturated heterocycles. The first kappa shape index (κ1) is 15.0. The molecule has 1 aliphatic heterocycles. The van der Waals surface area contributed by atoms with E-state index >= 15 is 0 Å². The van der Waals surface area contributed by atoms with Gasteiger partial charge in [-0.15, -0.1) is 0 Å². The number of sulfonamides is 1. The topological polar surface area (TPSA) is 61.2 Å². The van der Waals surface area contributed by atoms with Gasteiger partial charge in [0.15, 0.2) is 0 Å². The fourth-order valence-electron chi connectivity index (χ4n) is 2.91. The van der Waals surface area contributed by atoms with Crippen LogP contribution in [0.3, 0.4) is 0 Å². The fraction of sp³-hybridized carbons (Fsp3) is 0.533. The highest BCUT2D eigenvalue weighted by Crippen LogP contribution is 2.32. The number of rotatable bonds is 3. The minimum absolute atomic E-state index is 0.0425. The minimum Gasteiger partial charge on any atom is -0.207 e. The van der Waals surface area contributed by atoms with Crippen molar-refractivity contribution in [3.05, 3.63) is 29.3 Å². The molecule has 1 aromatic rings. The molecule has 5 heteroatoms. The highest BCUT2D eigenvalue weighted by molar-refractivity contribution is 7.89. The Kier molecular flexibility index (Phi) is 4.17. The van der Waals surface area contributed by atoms with Crippen LogP contribution in [0.25, 0.3) is 0 Å².